The van der Waals surface area contributed by atoms with Crippen molar-refractivity contribution in [2.24, 2.45) is 5.92 Å². The van der Waals surface area contributed by atoms with Crippen LogP contribution >= 0.6 is 11.3 Å². The summed E-state index contributed by atoms with van der Waals surface area (Å²) in [6, 6.07) is 10.8. The molecule has 1 aromatic heterocycles. The first-order valence-electron chi connectivity index (χ1n) is 9.31. The number of rotatable bonds is 5. The van der Waals surface area contributed by atoms with Crippen molar-refractivity contribution in [3.63, 3.8) is 0 Å². The maximum Gasteiger partial charge on any atom is 0.251 e. The van der Waals surface area contributed by atoms with E-state index < -0.39 is 6.04 Å². The Kier molecular flexibility index (Phi) is 5.79. The van der Waals surface area contributed by atoms with Crippen molar-refractivity contribution in [2.45, 2.75) is 40.7 Å². The van der Waals surface area contributed by atoms with E-state index in [1.54, 1.807) is 12.1 Å². The second-order valence-corrected chi connectivity index (χ2v) is 8.53. The number of hydrogen-bond donors (Lipinski definition) is 2. The molecule has 0 aliphatic heterocycles. The minimum atomic E-state index is -0.649. The van der Waals surface area contributed by atoms with Crippen molar-refractivity contribution in [3.05, 3.63) is 58.7 Å². The monoisotopic (exact) mass is 395 g/mol. The van der Waals surface area contributed by atoms with Crippen molar-refractivity contribution < 1.29 is 9.59 Å². The van der Waals surface area contributed by atoms with E-state index in [2.05, 4.69) is 27.8 Å². The van der Waals surface area contributed by atoms with Gasteiger partial charge < -0.3 is 10.6 Å². The Labute approximate surface area is 169 Å². The zero-order chi connectivity index (χ0) is 20.4. The quantitative estimate of drug-likeness (QED) is 0.662. The fourth-order valence-corrected chi connectivity index (χ4v) is 4.12. The van der Waals surface area contributed by atoms with E-state index in [-0.39, 0.29) is 17.7 Å². The molecule has 0 unspecified atom stereocenters. The third-order valence-electron chi connectivity index (χ3n) is 4.61. The standard InChI is InChI=1S/C22H25N3O2S/c1-12(2)18(23-20(26)16-8-6-13(3)7-9-16)21(27)25-22-24-19-15(5)10-14(4)11-17(19)28-22/h6-12,18H,1-5H3,(H,23,26)(H,24,25,27)/t18-/m1/s1. The van der Waals surface area contributed by atoms with Gasteiger partial charge in [-0.3, -0.25) is 9.59 Å². The van der Waals surface area contributed by atoms with Crippen LogP contribution in [0.1, 0.15) is 40.9 Å². The number of benzene rings is 2. The lowest BCUT2D eigenvalue weighted by Gasteiger charge is -2.21. The molecule has 28 heavy (non-hydrogen) atoms. The largest absolute Gasteiger partial charge is 0.340 e. The zero-order valence-electron chi connectivity index (χ0n) is 16.8. The van der Waals surface area contributed by atoms with Crippen LogP contribution in [0.15, 0.2) is 36.4 Å². The van der Waals surface area contributed by atoms with Crippen molar-refractivity contribution in [1.82, 2.24) is 10.3 Å². The van der Waals surface area contributed by atoms with Gasteiger partial charge in [0.25, 0.3) is 5.91 Å². The molecule has 2 aromatic carbocycles. The molecule has 0 fully saturated rings. The number of carbonyl (C=O) groups is 2. The highest BCUT2D eigenvalue weighted by Crippen LogP contribution is 2.29. The lowest BCUT2D eigenvalue weighted by atomic mass is 10.0. The van der Waals surface area contributed by atoms with Gasteiger partial charge >= 0.3 is 0 Å². The summed E-state index contributed by atoms with van der Waals surface area (Å²) < 4.78 is 1.04. The Balaban J connectivity index is 1.77. The predicted octanol–water partition coefficient (Wildman–Crippen LogP) is 4.61. The van der Waals surface area contributed by atoms with E-state index in [4.69, 9.17) is 0 Å². The van der Waals surface area contributed by atoms with Crippen LogP contribution in [-0.4, -0.2) is 22.8 Å². The van der Waals surface area contributed by atoms with Crippen LogP contribution in [-0.2, 0) is 4.79 Å². The molecule has 3 rings (SSSR count). The van der Waals surface area contributed by atoms with Crippen molar-refractivity contribution in [2.75, 3.05) is 5.32 Å². The summed E-state index contributed by atoms with van der Waals surface area (Å²) in [5, 5.41) is 6.28. The maximum absolute atomic E-state index is 12.8. The Bertz CT molecular complexity index is 1020. The Morgan fingerprint density at radius 1 is 1.00 bits per heavy atom. The first-order chi connectivity index (χ1) is 13.2. The van der Waals surface area contributed by atoms with Crippen molar-refractivity contribution in [1.29, 1.82) is 0 Å². The number of nitrogens with zero attached hydrogens (tertiary/aromatic N) is 1. The molecule has 0 saturated carbocycles. The minimum Gasteiger partial charge on any atom is -0.340 e. The van der Waals surface area contributed by atoms with E-state index in [0.717, 1.165) is 26.9 Å². The average molecular weight is 396 g/mol. The molecule has 146 valence electrons. The number of thiazole rings is 1. The second-order valence-electron chi connectivity index (χ2n) is 7.50. The number of fused-ring (bicyclic) bond motifs is 1. The molecule has 0 aliphatic carbocycles. The molecule has 0 radical (unpaired) electrons. The number of nitrogens with one attached hydrogen (secondary N) is 2. The molecule has 1 atom stereocenters. The Morgan fingerprint density at radius 3 is 2.32 bits per heavy atom. The van der Waals surface area contributed by atoms with Gasteiger partial charge in [0.05, 0.1) is 10.2 Å². The third kappa shape index (κ3) is 4.39. The first-order valence-corrected chi connectivity index (χ1v) is 10.1. The van der Waals surface area contributed by atoms with Crippen LogP contribution in [0.2, 0.25) is 0 Å². The number of anilines is 1. The van der Waals surface area contributed by atoms with Crippen molar-refractivity contribution in [3.8, 4) is 0 Å². The molecule has 6 heteroatoms. The fourth-order valence-electron chi connectivity index (χ4n) is 3.07. The minimum absolute atomic E-state index is 0.0623. The molecule has 0 saturated heterocycles. The van der Waals surface area contributed by atoms with Gasteiger partial charge in [-0.15, -0.1) is 0 Å². The summed E-state index contributed by atoms with van der Waals surface area (Å²) in [4.78, 5) is 29.9. The van der Waals surface area contributed by atoms with E-state index in [9.17, 15) is 9.59 Å². The molecule has 3 aromatic rings. The lowest BCUT2D eigenvalue weighted by Crippen LogP contribution is -2.47. The fraction of sp³-hybridized carbons (Fsp3) is 0.318. The van der Waals surface area contributed by atoms with Crippen LogP contribution in [0, 0.1) is 26.7 Å². The lowest BCUT2D eigenvalue weighted by molar-refractivity contribution is -0.118. The number of carbonyl (C=O) groups excluding carboxylic acids is 2. The summed E-state index contributed by atoms with van der Waals surface area (Å²) >= 11 is 1.44. The summed E-state index contributed by atoms with van der Waals surface area (Å²) in [6.45, 7) is 9.84. The summed E-state index contributed by atoms with van der Waals surface area (Å²) in [5.41, 5.74) is 4.76. The van der Waals surface area contributed by atoms with Gasteiger partial charge in [-0.2, -0.15) is 0 Å². The Morgan fingerprint density at radius 2 is 1.68 bits per heavy atom. The first kappa shape index (κ1) is 20.0. The van der Waals surface area contributed by atoms with Crippen LogP contribution in [0.3, 0.4) is 0 Å². The van der Waals surface area contributed by atoms with Gasteiger partial charge in [-0.25, -0.2) is 4.98 Å². The molecule has 0 aliphatic rings. The van der Waals surface area contributed by atoms with E-state index in [0.29, 0.717) is 10.7 Å². The number of aryl methyl sites for hydroxylation is 3. The molecular weight excluding hydrogens is 370 g/mol. The predicted molar refractivity (Wildman–Crippen MR) is 115 cm³/mol. The van der Waals surface area contributed by atoms with Gasteiger partial charge in [-0.1, -0.05) is 48.9 Å². The summed E-state index contributed by atoms with van der Waals surface area (Å²) in [5.74, 6) is -0.582. The van der Waals surface area contributed by atoms with Crippen LogP contribution in [0.25, 0.3) is 10.2 Å². The number of hydrogen-bond acceptors (Lipinski definition) is 4. The third-order valence-corrected chi connectivity index (χ3v) is 5.53. The van der Waals surface area contributed by atoms with Crippen LogP contribution in [0.5, 0.6) is 0 Å². The summed E-state index contributed by atoms with van der Waals surface area (Å²) in [6.07, 6.45) is 0. The Hall–Kier alpha value is -2.73. The van der Waals surface area contributed by atoms with E-state index in [1.165, 1.54) is 11.3 Å². The average Bonchev–Trinajstić information content (AvgIpc) is 3.02. The molecule has 0 bridgehead atoms. The number of aromatic nitrogens is 1. The molecule has 1 heterocycles. The van der Waals surface area contributed by atoms with E-state index >= 15 is 0 Å². The highest BCUT2D eigenvalue weighted by Gasteiger charge is 2.25. The molecule has 2 amide bonds. The van der Waals surface area contributed by atoms with Crippen LogP contribution in [0.4, 0.5) is 5.13 Å². The molecule has 0 spiro atoms. The van der Waals surface area contributed by atoms with Gasteiger partial charge in [0.1, 0.15) is 6.04 Å². The van der Waals surface area contributed by atoms with Crippen molar-refractivity contribution >= 4 is 38.5 Å². The highest BCUT2D eigenvalue weighted by atomic mass is 32.1. The zero-order valence-corrected chi connectivity index (χ0v) is 17.6. The smallest absolute Gasteiger partial charge is 0.251 e. The second kappa shape index (κ2) is 8.10. The summed E-state index contributed by atoms with van der Waals surface area (Å²) in [7, 11) is 0. The van der Waals surface area contributed by atoms with Crippen LogP contribution < -0.4 is 10.6 Å². The van der Waals surface area contributed by atoms with Gasteiger partial charge in [0.15, 0.2) is 5.13 Å². The van der Waals surface area contributed by atoms with E-state index in [1.807, 2.05) is 46.8 Å². The highest BCUT2D eigenvalue weighted by molar-refractivity contribution is 7.22. The molecule has 5 nitrogen and oxygen atoms in total. The molecular formula is C22H25N3O2S. The van der Waals surface area contributed by atoms with Gasteiger partial charge in [0.2, 0.25) is 5.91 Å². The van der Waals surface area contributed by atoms with Gasteiger partial charge in [-0.05, 0) is 56.0 Å². The SMILES string of the molecule is Cc1ccc(C(=O)N[C@@H](C(=O)Nc2nc3c(C)cc(C)cc3s2)C(C)C)cc1. The maximum atomic E-state index is 12.8. The number of amides is 2. The molecule has 2 N–H and O–H groups in total. The normalized spacial score (nSPS) is 12.2. The van der Waals surface area contributed by atoms with Gasteiger partial charge in [0, 0.05) is 5.56 Å². The topological polar surface area (TPSA) is 71.1 Å².